The molecule has 0 aromatic carbocycles. The van der Waals surface area contributed by atoms with Crippen molar-refractivity contribution >= 4 is 0 Å². The average Bonchev–Trinajstić information content (AvgIpc) is 2.26. The Hall–Kier alpha value is -0.520. The molecule has 0 aliphatic carbocycles. The van der Waals surface area contributed by atoms with Crippen molar-refractivity contribution < 1.29 is 0 Å². The van der Waals surface area contributed by atoms with E-state index in [0.29, 0.717) is 0 Å². The van der Waals surface area contributed by atoms with Crippen molar-refractivity contribution in [3.05, 3.63) is 0 Å². The summed E-state index contributed by atoms with van der Waals surface area (Å²) in [6, 6.07) is 2.34. The zero-order valence-corrected chi connectivity index (χ0v) is 10.4. The lowest BCUT2D eigenvalue weighted by molar-refractivity contribution is 0.0269. The van der Waals surface area contributed by atoms with Crippen molar-refractivity contribution in [1.82, 2.24) is 10.2 Å². The fourth-order valence-electron chi connectivity index (χ4n) is 3.49. The van der Waals surface area contributed by atoms with Gasteiger partial charge in [-0.2, -0.15) is 0 Å². The molecule has 0 saturated carbocycles. The van der Waals surface area contributed by atoms with Crippen molar-refractivity contribution in [2.24, 2.45) is 0 Å². The van der Waals surface area contributed by atoms with Crippen LogP contribution < -0.4 is 5.32 Å². The van der Waals surface area contributed by atoms with Crippen LogP contribution in [0.1, 0.15) is 45.4 Å². The molecule has 90 valence electrons. The molecule has 16 heavy (non-hydrogen) atoms. The highest BCUT2D eigenvalue weighted by atomic mass is 15.2. The normalized spacial score (nSPS) is 34.6. The Morgan fingerprint density at radius 1 is 1.31 bits per heavy atom. The molecular formula is C14H24N2. The third kappa shape index (κ3) is 2.59. The zero-order valence-electron chi connectivity index (χ0n) is 10.4. The van der Waals surface area contributed by atoms with Gasteiger partial charge >= 0.3 is 0 Å². The summed E-state index contributed by atoms with van der Waals surface area (Å²) in [7, 11) is 0. The molecule has 0 spiro atoms. The number of nitrogens with one attached hydrogen (secondary N) is 1. The minimum absolute atomic E-state index is 0.752. The van der Waals surface area contributed by atoms with Gasteiger partial charge in [0.2, 0.25) is 0 Å². The Morgan fingerprint density at radius 3 is 2.56 bits per heavy atom. The first-order valence-electron chi connectivity index (χ1n) is 6.77. The summed E-state index contributed by atoms with van der Waals surface area (Å²) in [5, 5.41) is 3.62. The van der Waals surface area contributed by atoms with Crippen LogP contribution in [0.3, 0.4) is 0 Å². The Balaban J connectivity index is 1.94. The summed E-state index contributed by atoms with van der Waals surface area (Å²) in [6.45, 7) is 4.43. The largest absolute Gasteiger partial charge is 0.314 e. The lowest BCUT2D eigenvalue weighted by atomic mass is 9.81. The number of hydrogen-bond acceptors (Lipinski definition) is 2. The first-order chi connectivity index (χ1) is 7.85. The third-order valence-electron chi connectivity index (χ3n) is 4.13. The summed E-state index contributed by atoms with van der Waals surface area (Å²) in [6.07, 6.45) is 13.1. The van der Waals surface area contributed by atoms with Crippen molar-refractivity contribution in [1.29, 1.82) is 0 Å². The first kappa shape index (κ1) is 12.0. The van der Waals surface area contributed by atoms with E-state index in [4.69, 9.17) is 6.42 Å². The van der Waals surface area contributed by atoms with Crippen LogP contribution in [0, 0.1) is 12.3 Å². The van der Waals surface area contributed by atoms with Gasteiger partial charge in [-0.15, -0.1) is 12.3 Å². The Bertz CT molecular complexity index is 242. The van der Waals surface area contributed by atoms with E-state index in [0.717, 1.165) is 37.6 Å². The van der Waals surface area contributed by atoms with E-state index in [9.17, 15) is 0 Å². The first-order valence-corrected chi connectivity index (χ1v) is 6.77. The van der Waals surface area contributed by atoms with Gasteiger partial charge in [0, 0.05) is 31.1 Å². The predicted molar refractivity (Wildman–Crippen MR) is 68.3 cm³/mol. The highest BCUT2D eigenvalue weighted by Gasteiger charge is 2.37. The van der Waals surface area contributed by atoms with Gasteiger partial charge in [0.05, 0.1) is 0 Å². The van der Waals surface area contributed by atoms with E-state index in [1.165, 1.54) is 32.1 Å². The molecule has 2 aliphatic rings. The number of piperidine rings is 2. The standard InChI is InChI=1S/C14H24N2/c1-3-5-9-16-13-7-6-8-14(16)11-12(10-13)15-4-2/h1,12-15H,4-11H2,2H3. The van der Waals surface area contributed by atoms with Crippen LogP contribution >= 0.6 is 0 Å². The topological polar surface area (TPSA) is 15.3 Å². The SMILES string of the molecule is C#CCCN1C2CCCC1CC(NCC)C2. The number of fused-ring (bicyclic) bond motifs is 2. The van der Waals surface area contributed by atoms with Crippen LogP contribution in [0.4, 0.5) is 0 Å². The van der Waals surface area contributed by atoms with Gasteiger partial charge in [-0.05, 0) is 32.2 Å². The van der Waals surface area contributed by atoms with Crippen LogP contribution in [0.25, 0.3) is 0 Å². The minimum Gasteiger partial charge on any atom is -0.314 e. The summed E-state index contributed by atoms with van der Waals surface area (Å²) in [5.74, 6) is 2.78. The smallest absolute Gasteiger partial charge is 0.0214 e. The van der Waals surface area contributed by atoms with Gasteiger partial charge in [0.15, 0.2) is 0 Å². The molecular weight excluding hydrogens is 196 g/mol. The maximum Gasteiger partial charge on any atom is 0.0214 e. The number of hydrogen-bond donors (Lipinski definition) is 1. The summed E-state index contributed by atoms with van der Waals surface area (Å²) in [4.78, 5) is 2.69. The van der Waals surface area contributed by atoms with E-state index in [2.05, 4.69) is 23.1 Å². The van der Waals surface area contributed by atoms with Crippen molar-refractivity contribution in [2.75, 3.05) is 13.1 Å². The van der Waals surface area contributed by atoms with Gasteiger partial charge in [-0.1, -0.05) is 13.3 Å². The Morgan fingerprint density at radius 2 is 2.00 bits per heavy atom. The molecule has 2 nitrogen and oxygen atoms in total. The maximum absolute atomic E-state index is 5.38. The molecule has 2 atom stereocenters. The van der Waals surface area contributed by atoms with Crippen molar-refractivity contribution in [2.45, 2.75) is 63.6 Å². The molecule has 2 unspecified atom stereocenters. The van der Waals surface area contributed by atoms with Gasteiger partial charge in [-0.25, -0.2) is 0 Å². The van der Waals surface area contributed by atoms with Gasteiger partial charge < -0.3 is 5.32 Å². The number of nitrogens with zero attached hydrogens (tertiary/aromatic N) is 1. The van der Waals surface area contributed by atoms with E-state index in [1.54, 1.807) is 0 Å². The highest BCUT2D eigenvalue weighted by Crippen LogP contribution is 2.33. The van der Waals surface area contributed by atoms with Crippen molar-refractivity contribution in [3.63, 3.8) is 0 Å². The average molecular weight is 220 g/mol. The fourth-order valence-corrected chi connectivity index (χ4v) is 3.49. The van der Waals surface area contributed by atoms with E-state index in [1.807, 2.05) is 0 Å². The molecule has 2 fully saturated rings. The second-order valence-electron chi connectivity index (χ2n) is 5.16. The zero-order chi connectivity index (χ0) is 11.4. The lowest BCUT2D eigenvalue weighted by Crippen LogP contribution is -2.56. The van der Waals surface area contributed by atoms with Gasteiger partial charge in [-0.3, -0.25) is 4.90 Å². The molecule has 2 heterocycles. The molecule has 2 bridgehead atoms. The second-order valence-corrected chi connectivity index (χ2v) is 5.16. The predicted octanol–water partition coefficient (Wildman–Crippen LogP) is 2.00. The molecule has 2 aliphatic heterocycles. The molecule has 2 saturated heterocycles. The Kier molecular flexibility index (Phi) is 4.26. The van der Waals surface area contributed by atoms with Crippen LogP contribution in [0.5, 0.6) is 0 Å². The summed E-state index contributed by atoms with van der Waals surface area (Å²) in [5.41, 5.74) is 0. The molecule has 0 aromatic rings. The van der Waals surface area contributed by atoms with Crippen LogP contribution in [0.15, 0.2) is 0 Å². The van der Waals surface area contributed by atoms with Gasteiger partial charge in [0.25, 0.3) is 0 Å². The molecule has 0 aromatic heterocycles. The van der Waals surface area contributed by atoms with Crippen LogP contribution in [-0.2, 0) is 0 Å². The fraction of sp³-hybridized carbons (Fsp3) is 0.857. The van der Waals surface area contributed by atoms with Crippen LogP contribution in [-0.4, -0.2) is 36.1 Å². The van der Waals surface area contributed by atoms with Crippen LogP contribution in [0.2, 0.25) is 0 Å². The molecule has 1 N–H and O–H groups in total. The molecule has 0 radical (unpaired) electrons. The number of rotatable bonds is 4. The highest BCUT2D eigenvalue weighted by molar-refractivity contribution is 4.96. The van der Waals surface area contributed by atoms with E-state index >= 15 is 0 Å². The van der Waals surface area contributed by atoms with Gasteiger partial charge in [0.1, 0.15) is 0 Å². The molecule has 2 heteroatoms. The van der Waals surface area contributed by atoms with E-state index in [-0.39, 0.29) is 0 Å². The quantitative estimate of drug-likeness (QED) is 0.729. The van der Waals surface area contributed by atoms with E-state index < -0.39 is 0 Å². The molecule has 2 rings (SSSR count). The second kappa shape index (κ2) is 5.70. The van der Waals surface area contributed by atoms with Crippen molar-refractivity contribution in [3.8, 4) is 12.3 Å². The Labute approximate surface area is 99.8 Å². The lowest BCUT2D eigenvalue weighted by Gasteiger charge is -2.49. The third-order valence-corrected chi connectivity index (χ3v) is 4.13. The maximum atomic E-state index is 5.38. The molecule has 0 amide bonds. The number of terminal acetylenes is 1. The summed E-state index contributed by atoms with van der Waals surface area (Å²) < 4.78 is 0. The minimum atomic E-state index is 0.752. The monoisotopic (exact) mass is 220 g/mol. The summed E-state index contributed by atoms with van der Waals surface area (Å²) >= 11 is 0.